The maximum atomic E-state index is 14.5. The average molecular weight is 528 g/mol. The molecule has 1 N–H and O–H groups in total. The number of fused-ring (bicyclic) bond motifs is 1. The van der Waals surface area contributed by atoms with Crippen LogP contribution in [0.2, 0.25) is 0 Å². The lowest BCUT2D eigenvalue weighted by atomic mass is 10.1. The van der Waals surface area contributed by atoms with Crippen molar-refractivity contribution in [1.82, 2.24) is 14.5 Å². The molecule has 188 valence electrons. The van der Waals surface area contributed by atoms with E-state index in [1.807, 2.05) is 24.0 Å². The van der Waals surface area contributed by atoms with Crippen LogP contribution in [-0.4, -0.2) is 54.5 Å². The normalized spacial score (nSPS) is 17.4. The van der Waals surface area contributed by atoms with E-state index in [2.05, 4.69) is 14.6 Å². The quantitative estimate of drug-likeness (QED) is 0.403. The molecule has 2 aromatic heterocycles. The number of carbonyl (C=O) groups excluding carboxylic acids is 1. The molecule has 0 aliphatic carbocycles. The number of hydrogen-bond donors (Lipinski definition) is 1. The van der Waals surface area contributed by atoms with Gasteiger partial charge in [0.2, 0.25) is 5.91 Å². The molecular formula is C25H26FN5O3S2. The lowest BCUT2D eigenvalue weighted by Crippen LogP contribution is -2.55. The largest absolute Gasteiger partial charge is 0.368 e. The third kappa shape index (κ3) is 4.56. The predicted octanol–water partition coefficient (Wildman–Crippen LogP) is 4.34. The molecule has 2 unspecified atom stereocenters. The second-order valence-electron chi connectivity index (χ2n) is 8.84. The molecule has 0 bridgehead atoms. The van der Waals surface area contributed by atoms with Crippen LogP contribution in [-0.2, 0) is 14.8 Å². The Morgan fingerprint density at radius 3 is 2.64 bits per heavy atom. The summed E-state index contributed by atoms with van der Waals surface area (Å²) in [7, 11) is -3.71. The van der Waals surface area contributed by atoms with Gasteiger partial charge in [-0.3, -0.25) is 9.52 Å². The Morgan fingerprint density at radius 2 is 1.94 bits per heavy atom. The number of rotatable bonds is 6. The lowest BCUT2D eigenvalue weighted by molar-refractivity contribution is -0.136. The minimum absolute atomic E-state index is 0.0578. The van der Waals surface area contributed by atoms with Gasteiger partial charge in [0.15, 0.2) is 5.13 Å². The van der Waals surface area contributed by atoms with E-state index in [4.69, 9.17) is 0 Å². The van der Waals surface area contributed by atoms with Crippen molar-refractivity contribution in [3.8, 4) is 0 Å². The van der Waals surface area contributed by atoms with E-state index in [0.29, 0.717) is 30.3 Å². The topological polar surface area (TPSA) is 87.5 Å². The second-order valence-corrected chi connectivity index (χ2v) is 11.4. The Hall–Kier alpha value is -3.44. The summed E-state index contributed by atoms with van der Waals surface area (Å²) in [5, 5.41) is 2.78. The highest BCUT2D eigenvalue weighted by Gasteiger charge is 2.31. The summed E-state index contributed by atoms with van der Waals surface area (Å²) in [5.74, 6) is -0.403. The number of carbonyl (C=O) groups is 1. The fourth-order valence-corrected chi connectivity index (χ4v) is 6.45. The molecule has 5 rings (SSSR count). The number of halogens is 1. The standard InChI is InChI=1S/C25H26FN5O3S2/c1-17-16-29(20-6-8-21(9-7-20)36(33,34)28-25-27-11-15-35-25)13-14-30(17)24(32)18(2)31-12-10-19-4-3-5-22(26)23(19)31/h3-12,15,17-18H,13-14,16H2,1-2H3,(H,27,28). The van der Waals surface area contributed by atoms with Crippen molar-refractivity contribution in [3.63, 3.8) is 0 Å². The van der Waals surface area contributed by atoms with Crippen molar-refractivity contribution < 1.29 is 17.6 Å². The van der Waals surface area contributed by atoms with Gasteiger partial charge in [-0.25, -0.2) is 17.8 Å². The molecule has 1 fully saturated rings. The van der Waals surface area contributed by atoms with Gasteiger partial charge in [-0.2, -0.15) is 0 Å². The van der Waals surface area contributed by atoms with Crippen molar-refractivity contribution in [2.75, 3.05) is 29.3 Å². The number of nitrogens with zero attached hydrogens (tertiary/aromatic N) is 4. The van der Waals surface area contributed by atoms with E-state index in [1.54, 1.807) is 53.4 Å². The van der Waals surface area contributed by atoms with Gasteiger partial charge < -0.3 is 14.4 Å². The minimum atomic E-state index is -3.71. The first kappa shape index (κ1) is 24.3. The Kier molecular flexibility index (Phi) is 6.44. The minimum Gasteiger partial charge on any atom is -0.368 e. The Bertz CT molecular complexity index is 1490. The Labute approximate surface area is 213 Å². The zero-order valence-electron chi connectivity index (χ0n) is 19.8. The molecule has 36 heavy (non-hydrogen) atoms. The first-order valence-electron chi connectivity index (χ1n) is 11.6. The van der Waals surface area contributed by atoms with Crippen LogP contribution in [0.3, 0.4) is 0 Å². The van der Waals surface area contributed by atoms with Crippen molar-refractivity contribution in [2.24, 2.45) is 0 Å². The van der Waals surface area contributed by atoms with E-state index in [-0.39, 0.29) is 22.7 Å². The molecular weight excluding hydrogens is 501 g/mol. The molecule has 2 aromatic carbocycles. The van der Waals surface area contributed by atoms with Gasteiger partial charge in [-0.15, -0.1) is 11.3 Å². The van der Waals surface area contributed by atoms with E-state index in [0.717, 1.165) is 11.1 Å². The highest BCUT2D eigenvalue weighted by Crippen LogP contribution is 2.27. The number of thiazole rings is 1. The van der Waals surface area contributed by atoms with Gasteiger partial charge >= 0.3 is 0 Å². The van der Waals surface area contributed by atoms with Gasteiger partial charge in [0.1, 0.15) is 11.9 Å². The number of benzene rings is 2. The van der Waals surface area contributed by atoms with Crippen molar-refractivity contribution >= 4 is 49.0 Å². The number of amides is 1. The molecule has 4 aromatic rings. The molecule has 2 atom stereocenters. The zero-order chi connectivity index (χ0) is 25.4. The Morgan fingerprint density at radius 1 is 1.17 bits per heavy atom. The van der Waals surface area contributed by atoms with Gasteiger partial charge in [0.05, 0.1) is 10.4 Å². The highest BCUT2D eigenvalue weighted by atomic mass is 32.2. The molecule has 0 radical (unpaired) electrons. The van der Waals surface area contributed by atoms with Crippen LogP contribution in [0.15, 0.2) is 71.2 Å². The van der Waals surface area contributed by atoms with Crippen LogP contribution in [0, 0.1) is 5.82 Å². The first-order valence-corrected chi connectivity index (χ1v) is 13.9. The molecule has 3 heterocycles. The van der Waals surface area contributed by atoms with Crippen LogP contribution < -0.4 is 9.62 Å². The van der Waals surface area contributed by atoms with Crippen LogP contribution in [0.25, 0.3) is 10.9 Å². The molecule has 1 amide bonds. The van der Waals surface area contributed by atoms with E-state index in [1.165, 1.54) is 23.6 Å². The number of para-hydroxylation sites is 1. The van der Waals surface area contributed by atoms with E-state index >= 15 is 0 Å². The summed E-state index contributed by atoms with van der Waals surface area (Å²) in [4.78, 5) is 21.5. The van der Waals surface area contributed by atoms with Gasteiger partial charge in [0, 0.05) is 54.5 Å². The molecule has 1 aliphatic heterocycles. The van der Waals surface area contributed by atoms with E-state index in [9.17, 15) is 17.6 Å². The number of anilines is 2. The van der Waals surface area contributed by atoms with Crippen molar-refractivity contribution in [1.29, 1.82) is 0 Å². The maximum Gasteiger partial charge on any atom is 0.263 e. The van der Waals surface area contributed by atoms with Gasteiger partial charge in [0.25, 0.3) is 10.0 Å². The van der Waals surface area contributed by atoms with Crippen molar-refractivity contribution in [2.45, 2.75) is 30.8 Å². The van der Waals surface area contributed by atoms with Gasteiger partial charge in [-0.05, 0) is 50.2 Å². The molecule has 11 heteroatoms. The smallest absolute Gasteiger partial charge is 0.263 e. The number of piperazine rings is 1. The third-order valence-electron chi connectivity index (χ3n) is 6.54. The molecule has 1 saturated heterocycles. The number of nitrogens with one attached hydrogen (secondary N) is 1. The Balaban J connectivity index is 1.26. The highest BCUT2D eigenvalue weighted by molar-refractivity contribution is 7.93. The van der Waals surface area contributed by atoms with E-state index < -0.39 is 16.1 Å². The third-order valence-corrected chi connectivity index (χ3v) is 8.71. The summed E-state index contributed by atoms with van der Waals surface area (Å²) in [6.07, 6.45) is 3.30. The molecule has 8 nitrogen and oxygen atoms in total. The summed E-state index contributed by atoms with van der Waals surface area (Å²) in [5.41, 5.74) is 1.32. The second kappa shape index (κ2) is 9.55. The van der Waals surface area contributed by atoms with Crippen LogP contribution in [0.1, 0.15) is 19.9 Å². The van der Waals surface area contributed by atoms with Gasteiger partial charge in [-0.1, -0.05) is 12.1 Å². The summed E-state index contributed by atoms with van der Waals surface area (Å²) in [6, 6.07) is 12.8. The first-order chi connectivity index (χ1) is 17.2. The fraction of sp³-hybridized carbons (Fsp3) is 0.280. The van der Waals surface area contributed by atoms with Crippen molar-refractivity contribution in [3.05, 3.63) is 72.1 Å². The van der Waals surface area contributed by atoms with Crippen LogP contribution >= 0.6 is 11.3 Å². The van der Waals surface area contributed by atoms with Crippen LogP contribution in [0.5, 0.6) is 0 Å². The molecule has 1 aliphatic rings. The monoisotopic (exact) mass is 527 g/mol. The molecule has 0 spiro atoms. The number of aromatic nitrogens is 2. The molecule has 0 saturated carbocycles. The summed E-state index contributed by atoms with van der Waals surface area (Å²) >= 11 is 1.21. The summed E-state index contributed by atoms with van der Waals surface area (Å²) in [6.45, 7) is 5.50. The number of sulfonamides is 1. The SMILES string of the molecule is CC1CN(c2ccc(S(=O)(=O)Nc3nccs3)cc2)CCN1C(=O)C(C)n1ccc2cccc(F)c21. The maximum absolute atomic E-state index is 14.5. The average Bonchev–Trinajstić information content (AvgIpc) is 3.53. The summed E-state index contributed by atoms with van der Waals surface area (Å²) < 4.78 is 43.8. The predicted molar refractivity (Wildman–Crippen MR) is 139 cm³/mol. The fourth-order valence-electron chi connectivity index (χ4n) is 4.66. The zero-order valence-corrected chi connectivity index (χ0v) is 21.5. The van der Waals surface area contributed by atoms with Crippen LogP contribution in [0.4, 0.5) is 15.2 Å². The lowest BCUT2D eigenvalue weighted by Gasteiger charge is -2.42. The number of hydrogen-bond acceptors (Lipinski definition) is 6.